The molecule has 1 atom stereocenters. The summed E-state index contributed by atoms with van der Waals surface area (Å²) in [7, 11) is -1.43. The third-order valence-corrected chi connectivity index (χ3v) is 7.67. The molecule has 2 heterocycles. The predicted octanol–water partition coefficient (Wildman–Crippen LogP) is 4.47. The summed E-state index contributed by atoms with van der Waals surface area (Å²) < 4.78 is 15.8. The SMILES string of the molecule is CCNS(=O)c1cc(C(=O)Nc2ncc[nH]2)ccc1-c1cnc(C2CCCCC2)s1. The fourth-order valence-electron chi connectivity index (χ4n) is 3.69. The summed E-state index contributed by atoms with van der Waals surface area (Å²) in [4.78, 5) is 25.7. The van der Waals surface area contributed by atoms with Gasteiger partial charge >= 0.3 is 0 Å². The van der Waals surface area contributed by atoms with Crippen molar-refractivity contribution in [3.8, 4) is 10.4 Å². The predicted molar refractivity (Wildman–Crippen MR) is 120 cm³/mol. The Morgan fingerprint density at radius 3 is 2.83 bits per heavy atom. The Labute approximate surface area is 182 Å². The molecule has 1 unspecified atom stereocenters. The molecule has 3 aromatic rings. The van der Waals surface area contributed by atoms with E-state index in [1.54, 1.807) is 35.9 Å². The quantitative estimate of drug-likeness (QED) is 0.502. The lowest BCUT2D eigenvalue weighted by Gasteiger charge is -2.18. The molecule has 0 saturated heterocycles. The van der Waals surface area contributed by atoms with E-state index in [1.807, 2.05) is 19.2 Å². The monoisotopic (exact) mass is 443 g/mol. The molecule has 1 aliphatic rings. The van der Waals surface area contributed by atoms with Gasteiger partial charge < -0.3 is 4.98 Å². The van der Waals surface area contributed by atoms with Crippen molar-refractivity contribution in [2.75, 3.05) is 11.9 Å². The number of anilines is 1. The molecule has 158 valence electrons. The lowest BCUT2D eigenvalue weighted by atomic mass is 9.90. The maximum absolute atomic E-state index is 12.9. The lowest BCUT2D eigenvalue weighted by Crippen LogP contribution is -2.18. The third kappa shape index (κ3) is 4.69. The molecule has 1 fully saturated rings. The second kappa shape index (κ2) is 9.63. The highest BCUT2D eigenvalue weighted by Crippen LogP contribution is 2.39. The van der Waals surface area contributed by atoms with Crippen molar-refractivity contribution in [2.24, 2.45) is 0 Å². The van der Waals surface area contributed by atoms with Gasteiger partial charge in [0, 0.05) is 42.2 Å². The van der Waals surface area contributed by atoms with Crippen LogP contribution in [0.3, 0.4) is 0 Å². The average Bonchev–Trinajstić information content (AvgIpc) is 3.46. The highest BCUT2D eigenvalue weighted by molar-refractivity contribution is 7.83. The maximum atomic E-state index is 12.9. The van der Waals surface area contributed by atoms with E-state index < -0.39 is 11.0 Å². The number of hydrogen-bond acceptors (Lipinski definition) is 5. The number of imidazole rings is 1. The van der Waals surface area contributed by atoms with E-state index in [2.05, 4.69) is 25.0 Å². The van der Waals surface area contributed by atoms with E-state index in [9.17, 15) is 9.00 Å². The summed E-state index contributed by atoms with van der Waals surface area (Å²) in [5.41, 5.74) is 1.27. The van der Waals surface area contributed by atoms with Crippen molar-refractivity contribution in [2.45, 2.75) is 49.8 Å². The molecule has 9 heteroatoms. The number of benzene rings is 1. The van der Waals surface area contributed by atoms with Gasteiger partial charge in [0.1, 0.15) is 11.0 Å². The van der Waals surface area contributed by atoms with Crippen LogP contribution in [0.4, 0.5) is 5.95 Å². The molecular formula is C21H25N5O2S2. The van der Waals surface area contributed by atoms with Gasteiger partial charge in [-0.05, 0) is 25.0 Å². The molecule has 2 aromatic heterocycles. The maximum Gasteiger partial charge on any atom is 0.258 e. The molecule has 0 spiro atoms. The number of amides is 1. The molecule has 1 saturated carbocycles. The molecule has 0 radical (unpaired) electrons. The van der Waals surface area contributed by atoms with E-state index in [0.717, 1.165) is 15.4 Å². The Balaban J connectivity index is 1.64. The number of carbonyl (C=O) groups is 1. The summed E-state index contributed by atoms with van der Waals surface area (Å²) in [5.74, 6) is 0.593. The Morgan fingerprint density at radius 2 is 2.10 bits per heavy atom. The minimum absolute atomic E-state index is 0.307. The van der Waals surface area contributed by atoms with Crippen molar-refractivity contribution in [1.29, 1.82) is 0 Å². The van der Waals surface area contributed by atoms with Crippen LogP contribution >= 0.6 is 11.3 Å². The second-order valence-corrected chi connectivity index (χ2v) is 9.60. The molecule has 4 rings (SSSR count). The first-order valence-electron chi connectivity index (χ1n) is 10.2. The number of carbonyl (C=O) groups excluding carboxylic acids is 1. The first-order chi connectivity index (χ1) is 14.7. The molecule has 0 aliphatic heterocycles. The van der Waals surface area contributed by atoms with E-state index >= 15 is 0 Å². The Hall–Kier alpha value is -2.36. The molecular weight excluding hydrogens is 418 g/mol. The van der Waals surface area contributed by atoms with Crippen molar-refractivity contribution in [1.82, 2.24) is 19.7 Å². The van der Waals surface area contributed by atoms with Gasteiger partial charge in [-0.1, -0.05) is 32.3 Å². The third-order valence-electron chi connectivity index (χ3n) is 5.19. The smallest absolute Gasteiger partial charge is 0.258 e. The Kier molecular flexibility index (Phi) is 6.71. The molecule has 3 N–H and O–H groups in total. The van der Waals surface area contributed by atoms with Gasteiger partial charge in [-0.15, -0.1) is 11.3 Å². The standard InChI is InChI=1S/C21H25N5O2S2/c1-2-25-30(28)18-12-15(19(27)26-21-22-10-11-23-21)8-9-16(18)17-13-24-20(29-17)14-6-4-3-5-7-14/h8-14,25H,2-7H2,1H3,(H2,22,23,26,27). The van der Waals surface area contributed by atoms with E-state index in [4.69, 9.17) is 0 Å². The number of H-pyrrole nitrogens is 1. The molecule has 1 aliphatic carbocycles. The molecule has 0 bridgehead atoms. The van der Waals surface area contributed by atoms with Crippen LogP contribution in [-0.2, 0) is 11.0 Å². The topological polar surface area (TPSA) is 99.8 Å². The largest absolute Gasteiger partial charge is 0.331 e. The fourth-order valence-corrected chi connectivity index (χ4v) is 5.91. The fraction of sp³-hybridized carbons (Fsp3) is 0.381. The number of aromatic amines is 1. The van der Waals surface area contributed by atoms with Gasteiger partial charge in [0.15, 0.2) is 0 Å². The van der Waals surface area contributed by atoms with Gasteiger partial charge in [-0.3, -0.25) is 10.1 Å². The van der Waals surface area contributed by atoms with Crippen LogP contribution in [0, 0.1) is 0 Å². The van der Waals surface area contributed by atoms with Crippen molar-refractivity contribution in [3.63, 3.8) is 0 Å². The van der Waals surface area contributed by atoms with Gasteiger partial charge in [0.25, 0.3) is 5.91 Å². The first-order valence-corrected chi connectivity index (χ1v) is 12.2. The number of hydrogen-bond donors (Lipinski definition) is 3. The summed E-state index contributed by atoms with van der Waals surface area (Å²) >= 11 is 1.67. The Morgan fingerprint density at radius 1 is 1.27 bits per heavy atom. The minimum Gasteiger partial charge on any atom is -0.331 e. The molecule has 1 amide bonds. The van der Waals surface area contributed by atoms with Crippen LogP contribution in [0.5, 0.6) is 0 Å². The van der Waals surface area contributed by atoms with Gasteiger partial charge in [0.2, 0.25) is 5.95 Å². The number of nitrogens with one attached hydrogen (secondary N) is 3. The zero-order valence-electron chi connectivity index (χ0n) is 16.8. The lowest BCUT2D eigenvalue weighted by molar-refractivity contribution is 0.102. The van der Waals surface area contributed by atoms with Gasteiger partial charge in [0.05, 0.1) is 14.8 Å². The minimum atomic E-state index is -1.43. The van der Waals surface area contributed by atoms with Crippen LogP contribution < -0.4 is 10.0 Å². The van der Waals surface area contributed by atoms with Crippen molar-refractivity contribution < 1.29 is 9.00 Å². The van der Waals surface area contributed by atoms with Gasteiger partial charge in [-0.25, -0.2) is 18.9 Å². The summed E-state index contributed by atoms with van der Waals surface area (Å²) in [6.07, 6.45) is 11.3. The second-order valence-electron chi connectivity index (χ2n) is 7.27. The van der Waals surface area contributed by atoms with E-state index in [0.29, 0.717) is 28.9 Å². The van der Waals surface area contributed by atoms with E-state index in [1.165, 1.54) is 32.1 Å². The van der Waals surface area contributed by atoms with E-state index in [-0.39, 0.29) is 5.91 Å². The Bertz CT molecular complexity index is 1030. The van der Waals surface area contributed by atoms with Crippen molar-refractivity contribution in [3.05, 3.63) is 47.4 Å². The number of nitrogens with zero attached hydrogens (tertiary/aromatic N) is 2. The zero-order valence-corrected chi connectivity index (χ0v) is 18.4. The summed E-state index contributed by atoms with van der Waals surface area (Å²) in [5, 5.41) is 3.86. The molecule has 7 nitrogen and oxygen atoms in total. The number of aromatic nitrogens is 3. The summed E-state index contributed by atoms with van der Waals surface area (Å²) in [6.45, 7) is 2.46. The highest BCUT2D eigenvalue weighted by atomic mass is 32.2. The van der Waals surface area contributed by atoms with Crippen LogP contribution in [0.1, 0.15) is 60.3 Å². The first kappa shape index (κ1) is 20.9. The molecule has 30 heavy (non-hydrogen) atoms. The zero-order chi connectivity index (χ0) is 20.9. The van der Waals surface area contributed by atoms with Crippen LogP contribution in [0.25, 0.3) is 10.4 Å². The van der Waals surface area contributed by atoms with Crippen LogP contribution in [0.15, 0.2) is 41.7 Å². The molecule has 1 aromatic carbocycles. The summed E-state index contributed by atoms with van der Waals surface area (Å²) in [6, 6.07) is 5.30. The normalized spacial score (nSPS) is 15.8. The van der Waals surface area contributed by atoms with Crippen LogP contribution in [-0.4, -0.2) is 31.6 Å². The van der Waals surface area contributed by atoms with Crippen molar-refractivity contribution >= 4 is 34.2 Å². The van der Waals surface area contributed by atoms with Gasteiger partial charge in [-0.2, -0.15) is 0 Å². The van der Waals surface area contributed by atoms with Crippen LogP contribution in [0.2, 0.25) is 0 Å². The number of thiazole rings is 1. The average molecular weight is 444 g/mol. The number of rotatable bonds is 7. The highest BCUT2D eigenvalue weighted by Gasteiger charge is 2.21.